The minimum atomic E-state index is -0.277. The number of aromatic nitrogens is 1. The van der Waals surface area contributed by atoms with Gasteiger partial charge in [0.05, 0.1) is 19.3 Å². The Morgan fingerprint density at radius 3 is 2.79 bits per heavy atom. The van der Waals surface area contributed by atoms with Gasteiger partial charge in [0.2, 0.25) is 11.8 Å². The SMILES string of the molecule is CC1CCC2NNC(C(=O)N3CC(=O)N(C4CCCCC4)CC(OCc4cccnc4)C3)C2C1. The fraction of sp³-hybridized carbons (Fsp3) is 0.731. The van der Waals surface area contributed by atoms with Gasteiger partial charge in [0.1, 0.15) is 6.04 Å². The number of amides is 2. The number of nitrogens with one attached hydrogen (secondary N) is 2. The van der Waals surface area contributed by atoms with Gasteiger partial charge in [-0.25, -0.2) is 5.43 Å². The number of ether oxygens (including phenoxy) is 1. The molecule has 2 saturated heterocycles. The zero-order valence-electron chi connectivity index (χ0n) is 20.3. The molecule has 5 unspecified atom stereocenters. The highest BCUT2D eigenvalue weighted by atomic mass is 16.5. The van der Waals surface area contributed by atoms with E-state index in [0.29, 0.717) is 31.7 Å². The van der Waals surface area contributed by atoms with E-state index in [1.807, 2.05) is 23.2 Å². The lowest BCUT2D eigenvalue weighted by molar-refractivity contribution is -0.141. The molecule has 2 amide bonds. The molecule has 0 spiro atoms. The molecule has 0 bridgehead atoms. The second kappa shape index (κ2) is 10.7. The highest BCUT2D eigenvalue weighted by Gasteiger charge is 2.45. The summed E-state index contributed by atoms with van der Waals surface area (Å²) in [6.45, 7) is 3.84. The molecular formula is C26H39N5O3. The fourth-order valence-electron chi connectivity index (χ4n) is 6.38. The number of nitrogens with zero attached hydrogens (tertiary/aromatic N) is 3. The van der Waals surface area contributed by atoms with Crippen molar-refractivity contribution >= 4 is 11.8 Å². The number of hydrogen-bond donors (Lipinski definition) is 2. The van der Waals surface area contributed by atoms with E-state index in [1.165, 1.54) is 12.8 Å². The Morgan fingerprint density at radius 1 is 1.15 bits per heavy atom. The van der Waals surface area contributed by atoms with Crippen LogP contribution in [0.4, 0.5) is 0 Å². The van der Waals surface area contributed by atoms with Gasteiger partial charge in [0.15, 0.2) is 0 Å². The number of carbonyl (C=O) groups excluding carboxylic acids is 2. The Bertz CT molecular complexity index is 846. The summed E-state index contributed by atoms with van der Waals surface area (Å²) >= 11 is 0. The van der Waals surface area contributed by atoms with Gasteiger partial charge in [-0.05, 0) is 49.7 Å². The number of hydrazine groups is 1. The van der Waals surface area contributed by atoms with Gasteiger partial charge >= 0.3 is 0 Å². The summed E-state index contributed by atoms with van der Waals surface area (Å²) in [4.78, 5) is 35.1. The molecule has 186 valence electrons. The molecule has 5 atom stereocenters. The van der Waals surface area contributed by atoms with E-state index in [0.717, 1.165) is 44.1 Å². The van der Waals surface area contributed by atoms with Gasteiger partial charge in [-0.3, -0.25) is 20.0 Å². The van der Waals surface area contributed by atoms with Crippen molar-refractivity contribution in [2.75, 3.05) is 19.6 Å². The van der Waals surface area contributed by atoms with Gasteiger partial charge in [-0.15, -0.1) is 0 Å². The van der Waals surface area contributed by atoms with Crippen molar-refractivity contribution in [3.05, 3.63) is 30.1 Å². The number of fused-ring (bicyclic) bond motifs is 1. The second-order valence-electron chi connectivity index (χ2n) is 10.8. The van der Waals surface area contributed by atoms with Gasteiger partial charge < -0.3 is 14.5 Å². The van der Waals surface area contributed by atoms with E-state index in [-0.39, 0.29) is 42.5 Å². The van der Waals surface area contributed by atoms with Crippen LogP contribution in [0.15, 0.2) is 24.5 Å². The molecule has 1 aromatic rings. The Kier molecular flexibility index (Phi) is 7.46. The standard InChI is InChI=1S/C26H39N5O3/c1-18-9-10-23-22(12-18)25(29-28-23)26(33)30-14-21(34-17-19-6-5-11-27-13-19)15-31(24(32)16-30)20-7-3-2-4-8-20/h5-6,11,13,18,20-23,25,28-29H,2-4,7-10,12,14-17H2,1H3. The first kappa shape index (κ1) is 23.7. The summed E-state index contributed by atoms with van der Waals surface area (Å²) in [6, 6.07) is 4.22. The van der Waals surface area contributed by atoms with E-state index >= 15 is 0 Å². The van der Waals surface area contributed by atoms with Crippen LogP contribution >= 0.6 is 0 Å². The molecule has 0 radical (unpaired) electrons. The molecule has 2 aliphatic carbocycles. The number of pyridine rings is 1. The fourth-order valence-corrected chi connectivity index (χ4v) is 6.38. The molecule has 1 aromatic heterocycles. The summed E-state index contributed by atoms with van der Waals surface area (Å²) in [5.74, 6) is 0.996. The first-order valence-electron chi connectivity index (χ1n) is 13.2. The second-order valence-corrected chi connectivity index (χ2v) is 10.8. The normalized spacial score (nSPS) is 33.0. The molecule has 2 aliphatic heterocycles. The van der Waals surface area contributed by atoms with Crippen molar-refractivity contribution < 1.29 is 14.3 Å². The van der Waals surface area contributed by atoms with Crippen LogP contribution < -0.4 is 10.9 Å². The van der Waals surface area contributed by atoms with E-state index in [9.17, 15) is 9.59 Å². The Balaban J connectivity index is 1.32. The third kappa shape index (κ3) is 5.29. The summed E-state index contributed by atoms with van der Waals surface area (Å²) in [6.07, 6.45) is 12.3. The lowest BCUT2D eigenvalue weighted by atomic mass is 9.76. The van der Waals surface area contributed by atoms with Crippen LogP contribution in [0.5, 0.6) is 0 Å². The molecule has 4 aliphatic rings. The van der Waals surface area contributed by atoms with Gasteiger partial charge in [0.25, 0.3) is 0 Å². The molecule has 5 rings (SSSR count). The van der Waals surface area contributed by atoms with Crippen LogP contribution in [-0.2, 0) is 20.9 Å². The molecule has 3 heterocycles. The van der Waals surface area contributed by atoms with Crippen LogP contribution in [0.3, 0.4) is 0 Å². The van der Waals surface area contributed by atoms with Gasteiger partial charge in [-0.2, -0.15) is 0 Å². The summed E-state index contributed by atoms with van der Waals surface area (Å²) < 4.78 is 6.32. The van der Waals surface area contributed by atoms with Crippen molar-refractivity contribution in [3.63, 3.8) is 0 Å². The quantitative estimate of drug-likeness (QED) is 0.688. The van der Waals surface area contributed by atoms with Crippen LogP contribution in [0, 0.1) is 11.8 Å². The molecular weight excluding hydrogens is 430 g/mol. The summed E-state index contributed by atoms with van der Waals surface area (Å²) in [5.41, 5.74) is 7.65. The largest absolute Gasteiger partial charge is 0.370 e. The van der Waals surface area contributed by atoms with Crippen LogP contribution in [0.25, 0.3) is 0 Å². The number of carbonyl (C=O) groups is 2. The first-order valence-corrected chi connectivity index (χ1v) is 13.2. The maximum absolute atomic E-state index is 13.8. The topological polar surface area (TPSA) is 86.8 Å². The molecule has 0 aromatic carbocycles. The average molecular weight is 470 g/mol. The predicted molar refractivity (Wildman–Crippen MR) is 128 cm³/mol. The van der Waals surface area contributed by atoms with E-state index in [1.54, 1.807) is 11.1 Å². The van der Waals surface area contributed by atoms with Crippen molar-refractivity contribution in [3.8, 4) is 0 Å². The third-order valence-corrected chi connectivity index (χ3v) is 8.29. The van der Waals surface area contributed by atoms with Crippen molar-refractivity contribution in [2.24, 2.45) is 11.8 Å². The zero-order valence-corrected chi connectivity index (χ0v) is 20.3. The predicted octanol–water partition coefficient (Wildman–Crippen LogP) is 2.25. The minimum absolute atomic E-state index is 0.0305. The minimum Gasteiger partial charge on any atom is -0.370 e. The van der Waals surface area contributed by atoms with E-state index in [2.05, 4.69) is 22.8 Å². The Hall–Kier alpha value is -2.03. The lowest BCUT2D eigenvalue weighted by Gasteiger charge is -2.34. The Morgan fingerprint density at radius 2 is 2.00 bits per heavy atom. The zero-order chi connectivity index (χ0) is 23.5. The number of rotatable bonds is 5. The summed E-state index contributed by atoms with van der Waals surface area (Å²) in [7, 11) is 0. The molecule has 2 N–H and O–H groups in total. The highest BCUT2D eigenvalue weighted by molar-refractivity contribution is 5.88. The van der Waals surface area contributed by atoms with Crippen molar-refractivity contribution in [1.82, 2.24) is 25.6 Å². The van der Waals surface area contributed by atoms with Gasteiger partial charge in [-0.1, -0.05) is 32.3 Å². The van der Waals surface area contributed by atoms with Crippen LogP contribution in [0.2, 0.25) is 0 Å². The smallest absolute Gasteiger partial charge is 0.242 e. The van der Waals surface area contributed by atoms with Crippen molar-refractivity contribution in [2.45, 2.75) is 89.1 Å². The first-order chi connectivity index (χ1) is 16.6. The molecule has 4 fully saturated rings. The monoisotopic (exact) mass is 469 g/mol. The maximum Gasteiger partial charge on any atom is 0.242 e. The van der Waals surface area contributed by atoms with Crippen LogP contribution in [0.1, 0.15) is 63.9 Å². The van der Waals surface area contributed by atoms with Crippen LogP contribution in [-0.4, -0.2) is 70.5 Å². The number of hydrogen-bond acceptors (Lipinski definition) is 6. The maximum atomic E-state index is 13.8. The molecule has 34 heavy (non-hydrogen) atoms. The molecule has 8 heteroatoms. The van der Waals surface area contributed by atoms with E-state index in [4.69, 9.17) is 4.74 Å². The highest BCUT2D eigenvalue weighted by Crippen LogP contribution is 2.34. The third-order valence-electron chi connectivity index (χ3n) is 8.29. The lowest BCUT2D eigenvalue weighted by Crippen LogP contribution is -2.51. The average Bonchev–Trinajstić information content (AvgIpc) is 3.20. The van der Waals surface area contributed by atoms with E-state index < -0.39 is 0 Å². The molecule has 2 saturated carbocycles. The summed E-state index contributed by atoms with van der Waals surface area (Å²) in [5, 5.41) is 0. The Labute approximate surface area is 202 Å². The van der Waals surface area contributed by atoms with Gasteiger partial charge in [0, 0.05) is 43.5 Å². The van der Waals surface area contributed by atoms with Crippen molar-refractivity contribution in [1.29, 1.82) is 0 Å². The molecule has 8 nitrogen and oxygen atoms in total.